The molecule has 18 heavy (non-hydrogen) atoms. The summed E-state index contributed by atoms with van der Waals surface area (Å²) in [4.78, 5) is 14.4. The molecule has 0 bridgehead atoms. The van der Waals surface area contributed by atoms with Gasteiger partial charge in [-0.2, -0.15) is 0 Å². The largest absolute Gasteiger partial charge is 0.341 e. The predicted octanol–water partition coefficient (Wildman–Crippen LogP) is 2.56. The Morgan fingerprint density at radius 2 is 1.94 bits per heavy atom. The van der Waals surface area contributed by atoms with E-state index in [0.29, 0.717) is 5.91 Å². The lowest BCUT2D eigenvalue weighted by Crippen LogP contribution is -2.51. The first-order valence-corrected chi connectivity index (χ1v) is 7.83. The van der Waals surface area contributed by atoms with Crippen molar-refractivity contribution >= 4 is 5.91 Å². The average molecular weight is 252 g/mol. The quantitative estimate of drug-likeness (QED) is 0.815. The third kappa shape index (κ3) is 3.71. The van der Waals surface area contributed by atoms with Crippen molar-refractivity contribution in [2.24, 2.45) is 5.92 Å². The molecule has 0 spiro atoms. The van der Waals surface area contributed by atoms with E-state index in [0.717, 1.165) is 38.4 Å². The van der Waals surface area contributed by atoms with Gasteiger partial charge in [-0.05, 0) is 31.7 Å². The summed E-state index contributed by atoms with van der Waals surface area (Å²) < 4.78 is 0. The Morgan fingerprint density at radius 3 is 2.67 bits per heavy atom. The van der Waals surface area contributed by atoms with E-state index in [2.05, 4.69) is 17.1 Å². The highest BCUT2D eigenvalue weighted by atomic mass is 16.2. The summed E-state index contributed by atoms with van der Waals surface area (Å²) >= 11 is 0. The normalized spacial score (nSPS) is 26.6. The van der Waals surface area contributed by atoms with Crippen LogP contribution in [0.4, 0.5) is 0 Å². The van der Waals surface area contributed by atoms with Crippen LogP contribution >= 0.6 is 0 Å². The van der Waals surface area contributed by atoms with Crippen LogP contribution in [-0.4, -0.2) is 36.5 Å². The number of hydrogen-bond acceptors (Lipinski definition) is 2. The minimum absolute atomic E-state index is 0.0927. The molecule has 2 fully saturated rings. The molecular formula is C15H28N2O. The molecule has 3 nitrogen and oxygen atoms in total. The Balaban J connectivity index is 1.75. The van der Waals surface area contributed by atoms with E-state index in [1.807, 2.05) is 0 Å². The predicted molar refractivity (Wildman–Crippen MR) is 74.5 cm³/mol. The van der Waals surface area contributed by atoms with Gasteiger partial charge in [0, 0.05) is 13.1 Å². The molecule has 1 aliphatic heterocycles. The number of likely N-dealkylation sites (tertiary alicyclic amines) is 1. The van der Waals surface area contributed by atoms with E-state index in [1.165, 1.54) is 38.5 Å². The van der Waals surface area contributed by atoms with Gasteiger partial charge in [0.05, 0.1) is 6.04 Å². The zero-order valence-electron chi connectivity index (χ0n) is 11.8. The fraction of sp³-hybridized carbons (Fsp3) is 0.933. The first-order valence-electron chi connectivity index (χ1n) is 7.83. The van der Waals surface area contributed by atoms with Gasteiger partial charge in [-0.3, -0.25) is 4.79 Å². The molecule has 2 aliphatic rings. The molecule has 1 N–H and O–H groups in total. The zero-order chi connectivity index (χ0) is 12.8. The lowest BCUT2D eigenvalue weighted by Gasteiger charge is -2.34. The van der Waals surface area contributed by atoms with Crippen molar-refractivity contribution in [1.29, 1.82) is 0 Å². The van der Waals surface area contributed by atoms with Crippen LogP contribution in [0.5, 0.6) is 0 Å². The van der Waals surface area contributed by atoms with Crippen LogP contribution in [0.2, 0.25) is 0 Å². The summed E-state index contributed by atoms with van der Waals surface area (Å²) in [5.74, 6) is 1.23. The number of carbonyl (C=O) groups is 1. The molecule has 3 heteroatoms. The third-order valence-electron chi connectivity index (χ3n) is 4.51. The smallest absolute Gasteiger partial charge is 0.239 e. The number of likely N-dealkylation sites (N-methyl/N-ethyl adjacent to an activating group) is 1. The van der Waals surface area contributed by atoms with E-state index >= 15 is 0 Å². The SMILES string of the molecule is CCNC1CCCN(CCC2CCCCC2)C1=O. The summed E-state index contributed by atoms with van der Waals surface area (Å²) in [5, 5.41) is 3.31. The standard InChI is InChI=1S/C15H28N2O/c1-2-16-14-9-6-11-17(15(14)18)12-10-13-7-4-3-5-8-13/h13-14,16H,2-12H2,1H3. The molecule has 0 radical (unpaired) electrons. The topological polar surface area (TPSA) is 32.3 Å². The van der Waals surface area contributed by atoms with Gasteiger partial charge in [0.15, 0.2) is 0 Å². The first kappa shape index (κ1) is 13.9. The molecule has 104 valence electrons. The average Bonchev–Trinajstić information content (AvgIpc) is 2.41. The van der Waals surface area contributed by atoms with Gasteiger partial charge in [0.1, 0.15) is 0 Å². The molecule has 2 rings (SSSR count). The van der Waals surface area contributed by atoms with Crippen molar-refractivity contribution in [3.8, 4) is 0 Å². The number of carbonyl (C=O) groups excluding carboxylic acids is 1. The number of nitrogens with one attached hydrogen (secondary N) is 1. The summed E-state index contributed by atoms with van der Waals surface area (Å²) in [6.07, 6.45) is 10.4. The molecule has 1 atom stereocenters. The second kappa shape index (κ2) is 7.13. The molecule has 1 heterocycles. The number of hydrogen-bond donors (Lipinski definition) is 1. The monoisotopic (exact) mass is 252 g/mol. The lowest BCUT2D eigenvalue weighted by molar-refractivity contribution is -0.136. The van der Waals surface area contributed by atoms with Crippen molar-refractivity contribution in [2.75, 3.05) is 19.6 Å². The Morgan fingerprint density at radius 1 is 1.17 bits per heavy atom. The van der Waals surface area contributed by atoms with Crippen molar-refractivity contribution in [1.82, 2.24) is 10.2 Å². The molecule has 1 aliphatic carbocycles. The van der Waals surface area contributed by atoms with Gasteiger partial charge in [-0.15, -0.1) is 0 Å². The molecule has 0 aromatic heterocycles. The van der Waals surface area contributed by atoms with Gasteiger partial charge >= 0.3 is 0 Å². The van der Waals surface area contributed by atoms with Gasteiger partial charge in [0.2, 0.25) is 5.91 Å². The van der Waals surface area contributed by atoms with Crippen LogP contribution in [0.15, 0.2) is 0 Å². The van der Waals surface area contributed by atoms with E-state index in [4.69, 9.17) is 0 Å². The fourth-order valence-electron chi connectivity index (χ4n) is 3.41. The zero-order valence-corrected chi connectivity index (χ0v) is 11.8. The Bertz CT molecular complexity index is 259. The lowest BCUT2D eigenvalue weighted by atomic mass is 9.87. The Kier molecular flexibility index (Phi) is 5.48. The summed E-state index contributed by atoms with van der Waals surface area (Å²) in [6.45, 7) is 4.94. The number of amides is 1. The van der Waals surface area contributed by atoms with Crippen LogP contribution in [0.1, 0.15) is 58.3 Å². The number of piperidine rings is 1. The van der Waals surface area contributed by atoms with Crippen LogP contribution in [0, 0.1) is 5.92 Å². The number of rotatable bonds is 5. The molecule has 0 aromatic rings. The maximum absolute atomic E-state index is 12.3. The molecule has 0 aromatic carbocycles. The van der Waals surface area contributed by atoms with Crippen LogP contribution < -0.4 is 5.32 Å². The summed E-state index contributed by atoms with van der Waals surface area (Å²) in [5.41, 5.74) is 0. The second-order valence-corrected chi connectivity index (χ2v) is 5.87. The van der Waals surface area contributed by atoms with E-state index in [1.54, 1.807) is 0 Å². The summed E-state index contributed by atoms with van der Waals surface area (Å²) in [7, 11) is 0. The van der Waals surface area contributed by atoms with Crippen LogP contribution in [0.25, 0.3) is 0 Å². The van der Waals surface area contributed by atoms with Gasteiger partial charge < -0.3 is 10.2 Å². The maximum atomic E-state index is 12.3. The maximum Gasteiger partial charge on any atom is 0.239 e. The Hall–Kier alpha value is -0.570. The van der Waals surface area contributed by atoms with Gasteiger partial charge in [-0.25, -0.2) is 0 Å². The number of nitrogens with zero attached hydrogens (tertiary/aromatic N) is 1. The van der Waals surface area contributed by atoms with Crippen molar-refractivity contribution < 1.29 is 4.79 Å². The highest BCUT2D eigenvalue weighted by Crippen LogP contribution is 2.26. The minimum Gasteiger partial charge on any atom is -0.341 e. The van der Waals surface area contributed by atoms with E-state index < -0.39 is 0 Å². The van der Waals surface area contributed by atoms with Crippen molar-refractivity contribution in [3.05, 3.63) is 0 Å². The fourth-order valence-corrected chi connectivity index (χ4v) is 3.41. The van der Waals surface area contributed by atoms with Crippen molar-refractivity contribution in [3.63, 3.8) is 0 Å². The van der Waals surface area contributed by atoms with E-state index in [-0.39, 0.29) is 6.04 Å². The van der Waals surface area contributed by atoms with Crippen molar-refractivity contribution in [2.45, 2.75) is 64.3 Å². The van der Waals surface area contributed by atoms with Crippen LogP contribution in [-0.2, 0) is 4.79 Å². The second-order valence-electron chi connectivity index (χ2n) is 5.87. The third-order valence-corrected chi connectivity index (χ3v) is 4.51. The molecule has 1 saturated heterocycles. The van der Waals surface area contributed by atoms with Crippen LogP contribution in [0.3, 0.4) is 0 Å². The minimum atomic E-state index is 0.0927. The van der Waals surface area contributed by atoms with Gasteiger partial charge in [0.25, 0.3) is 0 Å². The van der Waals surface area contributed by atoms with E-state index in [9.17, 15) is 4.79 Å². The first-order chi connectivity index (χ1) is 8.81. The molecule has 1 amide bonds. The Labute approximate surface area is 111 Å². The summed E-state index contributed by atoms with van der Waals surface area (Å²) in [6, 6.07) is 0.0927. The van der Waals surface area contributed by atoms with Gasteiger partial charge in [-0.1, -0.05) is 39.0 Å². The molecule has 1 saturated carbocycles. The molecule has 1 unspecified atom stereocenters. The highest BCUT2D eigenvalue weighted by molar-refractivity contribution is 5.82. The molecular weight excluding hydrogens is 224 g/mol. The highest BCUT2D eigenvalue weighted by Gasteiger charge is 2.28.